The molecule has 6 heteroatoms. The molecule has 0 saturated heterocycles. The third kappa shape index (κ3) is 3.14. The number of furan rings is 1. The number of hydrogen-bond acceptors (Lipinski definition) is 4. The Bertz CT molecular complexity index is 621. The van der Waals surface area contributed by atoms with Gasteiger partial charge in [0.2, 0.25) is 0 Å². The molecule has 0 spiro atoms. The topological polar surface area (TPSA) is 74.8 Å². The number of carbonyl (C=O) groups excluding carboxylic acids is 1. The first kappa shape index (κ1) is 13.2. The normalized spacial score (nSPS) is 11.4. The van der Waals surface area contributed by atoms with Gasteiger partial charge in [0.05, 0.1) is 12.0 Å². The summed E-state index contributed by atoms with van der Waals surface area (Å²) in [7, 11) is 0. The van der Waals surface area contributed by atoms with Crippen molar-refractivity contribution in [2.75, 3.05) is 0 Å². The molecular formula is C13H11ClN2O3. The van der Waals surface area contributed by atoms with Crippen LogP contribution in [0.25, 0.3) is 0 Å². The van der Waals surface area contributed by atoms with Gasteiger partial charge in [-0.1, -0.05) is 11.6 Å². The Kier molecular flexibility index (Phi) is 3.87. The minimum absolute atomic E-state index is 0.0397. The van der Waals surface area contributed by atoms with Gasteiger partial charge in [-0.05, 0) is 37.3 Å². The van der Waals surface area contributed by atoms with Gasteiger partial charge < -0.3 is 9.52 Å². The van der Waals surface area contributed by atoms with Gasteiger partial charge in [-0.2, -0.15) is 5.10 Å². The molecule has 0 aliphatic heterocycles. The first-order valence-electron chi connectivity index (χ1n) is 5.45. The molecule has 0 aliphatic carbocycles. The molecule has 2 N–H and O–H groups in total. The number of benzene rings is 1. The maximum absolute atomic E-state index is 11.6. The molecule has 0 bridgehead atoms. The molecule has 2 rings (SSSR count). The molecule has 19 heavy (non-hydrogen) atoms. The summed E-state index contributed by atoms with van der Waals surface area (Å²) >= 11 is 5.84. The third-order valence-electron chi connectivity index (χ3n) is 2.42. The van der Waals surface area contributed by atoms with Gasteiger partial charge >= 0.3 is 5.91 Å². The highest BCUT2D eigenvalue weighted by Crippen LogP contribution is 2.21. The Labute approximate surface area is 114 Å². The van der Waals surface area contributed by atoms with Crippen molar-refractivity contribution in [1.29, 1.82) is 0 Å². The zero-order chi connectivity index (χ0) is 13.8. The number of nitrogens with one attached hydrogen (secondary N) is 1. The highest BCUT2D eigenvalue weighted by atomic mass is 35.5. The fraction of sp³-hybridized carbons (Fsp3) is 0.0769. The van der Waals surface area contributed by atoms with Crippen LogP contribution in [0.2, 0.25) is 5.02 Å². The summed E-state index contributed by atoms with van der Waals surface area (Å²) in [5, 5.41) is 14.0. The first-order chi connectivity index (χ1) is 9.08. The SMILES string of the molecule is C/C(=N\NC(=O)c1ccco1)c1cc(Cl)ccc1O. The number of aromatic hydroxyl groups is 1. The van der Waals surface area contributed by atoms with E-state index >= 15 is 0 Å². The summed E-state index contributed by atoms with van der Waals surface area (Å²) in [6.07, 6.45) is 1.40. The van der Waals surface area contributed by atoms with Crippen molar-refractivity contribution in [2.45, 2.75) is 6.92 Å². The second-order valence-corrected chi connectivity index (χ2v) is 4.21. The average Bonchev–Trinajstić information content (AvgIpc) is 2.92. The van der Waals surface area contributed by atoms with Gasteiger partial charge in [0, 0.05) is 10.6 Å². The lowest BCUT2D eigenvalue weighted by Gasteiger charge is -2.04. The van der Waals surface area contributed by atoms with Crippen molar-refractivity contribution >= 4 is 23.2 Å². The summed E-state index contributed by atoms with van der Waals surface area (Å²) in [6, 6.07) is 7.72. The van der Waals surface area contributed by atoms with E-state index in [0.717, 1.165) is 0 Å². The summed E-state index contributed by atoms with van der Waals surface area (Å²) in [4.78, 5) is 11.6. The molecule has 0 radical (unpaired) electrons. The van der Waals surface area contributed by atoms with Crippen LogP contribution in [-0.2, 0) is 0 Å². The molecule has 1 aromatic heterocycles. The van der Waals surface area contributed by atoms with Crippen LogP contribution in [0.4, 0.5) is 0 Å². The molecule has 0 aliphatic rings. The van der Waals surface area contributed by atoms with Crippen molar-refractivity contribution in [1.82, 2.24) is 5.43 Å². The van der Waals surface area contributed by atoms with Gasteiger partial charge in [-0.3, -0.25) is 4.79 Å². The molecule has 1 heterocycles. The Morgan fingerprint density at radius 1 is 1.42 bits per heavy atom. The largest absolute Gasteiger partial charge is 0.507 e. The van der Waals surface area contributed by atoms with Crippen LogP contribution in [-0.4, -0.2) is 16.7 Å². The van der Waals surface area contributed by atoms with Crippen molar-refractivity contribution in [3.63, 3.8) is 0 Å². The van der Waals surface area contributed by atoms with Gasteiger partial charge in [0.15, 0.2) is 5.76 Å². The lowest BCUT2D eigenvalue weighted by molar-refractivity contribution is 0.0927. The van der Waals surface area contributed by atoms with E-state index in [-0.39, 0.29) is 11.5 Å². The van der Waals surface area contributed by atoms with Crippen LogP contribution >= 0.6 is 11.6 Å². The Morgan fingerprint density at radius 2 is 2.21 bits per heavy atom. The number of amides is 1. The summed E-state index contributed by atoms with van der Waals surface area (Å²) in [5.41, 5.74) is 3.21. The fourth-order valence-corrected chi connectivity index (χ4v) is 1.63. The average molecular weight is 279 g/mol. The zero-order valence-electron chi connectivity index (χ0n) is 10.1. The standard InChI is InChI=1S/C13H11ClN2O3/c1-8(10-7-9(14)4-5-11(10)17)15-16-13(18)12-3-2-6-19-12/h2-7,17H,1H3,(H,16,18)/b15-8+. The van der Waals surface area contributed by atoms with Crippen LogP contribution in [0.5, 0.6) is 5.75 Å². The summed E-state index contributed by atoms with van der Waals surface area (Å²) < 4.78 is 4.92. The number of phenolic OH excluding ortho intramolecular Hbond substituents is 1. The number of nitrogens with zero attached hydrogens (tertiary/aromatic N) is 1. The van der Waals surface area contributed by atoms with E-state index in [1.807, 2.05) is 0 Å². The first-order valence-corrected chi connectivity index (χ1v) is 5.83. The molecule has 2 aromatic rings. The van der Waals surface area contributed by atoms with Crippen LogP contribution in [0.15, 0.2) is 46.1 Å². The zero-order valence-corrected chi connectivity index (χ0v) is 10.8. The van der Waals surface area contributed by atoms with E-state index < -0.39 is 5.91 Å². The summed E-state index contributed by atoms with van der Waals surface area (Å²) in [5.74, 6) is -0.268. The van der Waals surface area contributed by atoms with E-state index in [0.29, 0.717) is 16.3 Å². The van der Waals surface area contributed by atoms with Crippen LogP contribution < -0.4 is 5.43 Å². The second kappa shape index (κ2) is 5.58. The lowest BCUT2D eigenvalue weighted by Crippen LogP contribution is -2.18. The molecule has 5 nitrogen and oxygen atoms in total. The predicted octanol–water partition coefficient (Wildman–Crippen LogP) is 2.79. The number of carbonyl (C=O) groups is 1. The molecule has 1 amide bonds. The Morgan fingerprint density at radius 3 is 2.89 bits per heavy atom. The lowest BCUT2D eigenvalue weighted by atomic mass is 10.1. The molecule has 0 fully saturated rings. The number of phenols is 1. The van der Waals surface area contributed by atoms with Crippen LogP contribution in [0, 0.1) is 0 Å². The monoisotopic (exact) mass is 278 g/mol. The van der Waals surface area contributed by atoms with E-state index in [9.17, 15) is 9.90 Å². The molecule has 98 valence electrons. The van der Waals surface area contributed by atoms with Crippen molar-refractivity contribution in [3.05, 3.63) is 52.9 Å². The molecular weight excluding hydrogens is 268 g/mol. The number of halogens is 1. The van der Waals surface area contributed by atoms with Crippen molar-refractivity contribution < 1.29 is 14.3 Å². The second-order valence-electron chi connectivity index (χ2n) is 3.78. The predicted molar refractivity (Wildman–Crippen MR) is 71.5 cm³/mol. The van der Waals surface area contributed by atoms with E-state index in [1.165, 1.54) is 18.4 Å². The minimum atomic E-state index is -0.467. The van der Waals surface area contributed by atoms with E-state index in [2.05, 4.69) is 10.5 Å². The van der Waals surface area contributed by atoms with Crippen LogP contribution in [0.1, 0.15) is 23.0 Å². The number of hydrazone groups is 1. The van der Waals surface area contributed by atoms with Gasteiger partial charge in [0.1, 0.15) is 5.75 Å². The third-order valence-corrected chi connectivity index (χ3v) is 2.65. The van der Waals surface area contributed by atoms with E-state index in [4.69, 9.17) is 16.0 Å². The van der Waals surface area contributed by atoms with Crippen molar-refractivity contribution in [3.8, 4) is 5.75 Å². The molecule has 0 unspecified atom stereocenters. The van der Waals surface area contributed by atoms with Crippen molar-refractivity contribution in [2.24, 2.45) is 5.10 Å². The number of rotatable bonds is 3. The highest BCUT2D eigenvalue weighted by Gasteiger charge is 2.09. The summed E-state index contributed by atoms with van der Waals surface area (Å²) in [6.45, 7) is 1.65. The molecule has 0 saturated carbocycles. The maximum Gasteiger partial charge on any atom is 0.307 e. The minimum Gasteiger partial charge on any atom is -0.507 e. The van der Waals surface area contributed by atoms with Gasteiger partial charge in [-0.15, -0.1) is 0 Å². The van der Waals surface area contributed by atoms with Crippen LogP contribution in [0.3, 0.4) is 0 Å². The van der Waals surface area contributed by atoms with Gasteiger partial charge in [-0.25, -0.2) is 5.43 Å². The quantitative estimate of drug-likeness (QED) is 0.670. The Balaban J connectivity index is 2.15. The molecule has 0 atom stereocenters. The number of hydrogen-bond donors (Lipinski definition) is 2. The maximum atomic E-state index is 11.6. The van der Waals surface area contributed by atoms with Gasteiger partial charge in [0.25, 0.3) is 0 Å². The highest BCUT2D eigenvalue weighted by molar-refractivity contribution is 6.31. The smallest absolute Gasteiger partial charge is 0.307 e. The van der Waals surface area contributed by atoms with E-state index in [1.54, 1.807) is 25.1 Å². The Hall–Kier alpha value is -2.27. The fourth-order valence-electron chi connectivity index (χ4n) is 1.46. The molecule has 1 aromatic carbocycles.